The summed E-state index contributed by atoms with van der Waals surface area (Å²) < 4.78 is 45.1. The smallest absolute Gasteiger partial charge is 0.315 e. The van der Waals surface area contributed by atoms with Gasteiger partial charge in [-0.2, -0.15) is 0 Å². The molecule has 0 bridgehead atoms. The van der Waals surface area contributed by atoms with Crippen molar-refractivity contribution in [1.82, 2.24) is 10.6 Å². The number of rotatable bonds is 7. The second-order valence-electron chi connectivity index (χ2n) is 6.67. The summed E-state index contributed by atoms with van der Waals surface area (Å²) >= 11 is 0. The normalized spacial score (nSPS) is 19.7. The van der Waals surface area contributed by atoms with Gasteiger partial charge in [0.05, 0.1) is 7.11 Å². The van der Waals surface area contributed by atoms with E-state index in [1.807, 2.05) is 0 Å². The zero-order valence-electron chi connectivity index (χ0n) is 13.5. The van der Waals surface area contributed by atoms with Crippen LogP contribution in [-0.4, -0.2) is 26.1 Å². The van der Waals surface area contributed by atoms with Gasteiger partial charge in [0.1, 0.15) is 6.04 Å². The summed E-state index contributed by atoms with van der Waals surface area (Å²) in [6.45, 7) is 0.510. The Bertz CT molecular complexity index is 616. The minimum Gasteiger partial charge on any atom is -0.494 e. The van der Waals surface area contributed by atoms with Gasteiger partial charge < -0.3 is 15.4 Å². The van der Waals surface area contributed by atoms with E-state index in [-0.39, 0.29) is 16.7 Å². The lowest BCUT2D eigenvalue weighted by Crippen LogP contribution is -2.42. The van der Waals surface area contributed by atoms with E-state index in [9.17, 15) is 18.0 Å². The van der Waals surface area contributed by atoms with Gasteiger partial charge in [0.15, 0.2) is 11.6 Å². The van der Waals surface area contributed by atoms with Crippen molar-refractivity contribution >= 4 is 6.03 Å². The second kappa shape index (κ2) is 6.53. The molecule has 0 spiro atoms. The van der Waals surface area contributed by atoms with E-state index < -0.39 is 24.3 Å². The van der Waals surface area contributed by atoms with Gasteiger partial charge in [-0.25, -0.2) is 18.0 Å². The first kappa shape index (κ1) is 16.9. The third-order valence-corrected chi connectivity index (χ3v) is 5.01. The average molecular weight is 342 g/mol. The largest absolute Gasteiger partial charge is 0.494 e. The molecule has 4 nitrogen and oxygen atoms in total. The molecule has 2 N–H and O–H groups in total. The molecule has 1 unspecified atom stereocenters. The Morgan fingerprint density at radius 1 is 1.38 bits per heavy atom. The number of hydrogen-bond donors (Lipinski definition) is 2. The zero-order chi connectivity index (χ0) is 17.3. The van der Waals surface area contributed by atoms with Crippen molar-refractivity contribution in [3.8, 4) is 5.75 Å². The molecule has 0 aliphatic heterocycles. The summed E-state index contributed by atoms with van der Waals surface area (Å²) in [5.74, 6) is -0.107. The lowest BCUT2D eigenvalue weighted by atomic mass is 10.0. The molecule has 2 aliphatic rings. The van der Waals surface area contributed by atoms with Crippen molar-refractivity contribution in [2.75, 3.05) is 13.7 Å². The highest BCUT2D eigenvalue weighted by Crippen LogP contribution is 2.60. The van der Waals surface area contributed by atoms with Crippen LogP contribution in [0.2, 0.25) is 0 Å². The molecular weight excluding hydrogens is 321 g/mol. The van der Waals surface area contributed by atoms with Crippen molar-refractivity contribution in [2.24, 2.45) is 11.3 Å². The van der Waals surface area contributed by atoms with E-state index >= 15 is 0 Å². The quantitative estimate of drug-likeness (QED) is 0.795. The van der Waals surface area contributed by atoms with Crippen molar-refractivity contribution in [2.45, 2.75) is 38.2 Å². The number of benzene rings is 1. The zero-order valence-corrected chi connectivity index (χ0v) is 13.5. The van der Waals surface area contributed by atoms with Gasteiger partial charge in [0.2, 0.25) is 0 Å². The Morgan fingerprint density at radius 2 is 2.08 bits per heavy atom. The maximum atomic E-state index is 13.7. The molecule has 3 rings (SSSR count). The predicted molar refractivity (Wildman–Crippen MR) is 82.6 cm³/mol. The molecule has 0 saturated heterocycles. The van der Waals surface area contributed by atoms with Gasteiger partial charge in [-0.05, 0) is 54.7 Å². The number of ether oxygens (including phenoxy) is 1. The third kappa shape index (κ3) is 3.60. The summed E-state index contributed by atoms with van der Waals surface area (Å²) in [5, 5.41) is 4.95. The summed E-state index contributed by atoms with van der Waals surface area (Å²) in [5.41, 5.74) is 0.186. The molecule has 2 aliphatic carbocycles. The molecule has 1 aromatic rings. The molecule has 2 saturated carbocycles. The first-order chi connectivity index (χ1) is 11.4. The molecule has 24 heavy (non-hydrogen) atoms. The fourth-order valence-electron chi connectivity index (χ4n) is 3.20. The van der Waals surface area contributed by atoms with E-state index in [0.29, 0.717) is 12.5 Å². The van der Waals surface area contributed by atoms with E-state index in [1.54, 1.807) is 0 Å². The topological polar surface area (TPSA) is 50.4 Å². The Balaban J connectivity index is 1.61. The highest BCUT2D eigenvalue weighted by atomic mass is 19.3. The van der Waals surface area contributed by atoms with Crippen molar-refractivity contribution in [1.29, 1.82) is 0 Å². The number of halogens is 3. The number of nitrogens with one attached hydrogen (secondary N) is 2. The van der Waals surface area contributed by atoms with Gasteiger partial charge in [0, 0.05) is 6.54 Å². The van der Waals surface area contributed by atoms with Gasteiger partial charge in [0.25, 0.3) is 6.43 Å². The minimum atomic E-state index is -2.85. The molecule has 1 atom stereocenters. The van der Waals surface area contributed by atoms with E-state index in [2.05, 4.69) is 10.6 Å². The van der Waals surface area contributed by atoms with Gasteiger partial charge in [-0.3, -0.25) is 0 Å². The molecule has 2 fully saturated rings. The van der Waals surface area contributed by atoms with Crippen LogP contribution in [0.1, 0.15) is 37.3 Å². The minimum absolute atomic E-state index is 0.00165. The van der Waals surface area contributed by atoms with Gasteiger partial charge in [-0.15, -0.1) is 0 Å². The SMILES string of the molecule is COc1ccc(C(NC(=O)NCC2(C3CC3)CC2)C(F)F)cc1F. The molecular formula is C17H21F3N2O2. The molecule has 132 valence electrons. The van der Waals surface area contributed by atoms with Crippen LogP contribution in [0.5, 0.6) is 5.75 Å². The number of urea groups is 1. The van der Waals surface area contributed by atoms with Crippen LogP contribution in [0, 0.1) is 17.2 Å². The van der Waals surface area contributed by atoms with Crippen LogP contribution in [0.4, 0.5) is 18.0 Å². The number of alkyl halides is 2. The fraction of sp³-hybridized carbons (Fsp3) is 0.588. The molecule has 0 aromatic heterocycles. The number of methoxy groups -OCH3 is 1. The maximum absolute atomic E-state index is 13.7. The van der Waals surface area contributed by atoms with E-state index in [1.165, 1.54) is 32.1 Å². The van der Waals surface area contributed by atoms with Crippen LogP contribution in [0.15, 0.2) is 18.2 Å². The Hall–Kier alpha value is -1.92. The predicted octanol–water partition coefficient (Wildman–Crippen LogP) is 3.63. The van der Waals surface area contributed by atoms with Crippen molar-refractivity contribution in [3.63, 3.8) is 0 Å². The molecule has 0 heterocycles. The summed E-state index contributed by atoms with van der Waals surface area (Å²) in [6, 6.07) is 1.34. The maximum Gasteiger partial charge on any atom is 0.315 e. The fourth-order valence-corrected chi connectivity index (χ4v) is 3.20. The number of carbonyl (C=O) groups is 1. The highest BCUT2D eigenvalue weighted by Gasteiger charge is 2.53. The lowest BCUT2D eigenvalue weighted by Gasteiger charge is -2.21. The second-order valence-corrected chi connectivity index (χ2v) is 6.67. The number of hydrogen-bond acceptors (Lipinski definition) is 2. The Morgan fingerprint density at radius 3 is 2.58 bits per heavy atom. The van der Waals surface area contributed by atoms with Crippen LogP contribution >= 0.6 is 0 Å². The number of amides is 2. The van der Waals surface area contributed by atoms with Crippen LogP contribution in [0.25, 0.3) is 0 Å². The Labute approximate surface area is 138 Å². The van der Waals surface area contributed by atoms with Gasteiger partial charge >= 0.3 is 6.03 Å². The van der Waals surface area contributed by atoms with Crippen LogP contribution in [-0.2, 0) is 0 Å². The number of carbonyl (C=O) groups excluding carboxylic acids is 1. The van der Waals surface area contributed by atoms with E-state index in [4.69, 9.17) is 4.74 Å². The molecule has 1 aromatic carbocycles. The summed E-state index contributed by atoms with van der Waals surface area (Å²) in [4.78, 5) is 12.0. The first-order valence-corrected chi connectivity index (χ1v) is 8.11. The average Bonchev–Trinajstić information content (AvgIpc) is 3.43. The lowest BCUT2D eigenvalue weighted by molar-refractivity contribution is 0.101. The van der Waals surface area contributed by atoms with Crippen LogP contribution < -0.4 is 15.4 Å². The summed E-state index contributed by atoms with van der Waals surface area (Å²) in [7, 11) is 1.29. The molecule has 7 heteroatoms. The van der Waals surface area contributed by atoms with Gasteiger partial charge in [-0.1, -0.05) is 6.07 Å². The summed E-state index contributed by atoms with van der Waals surface area (Å²) in [6.07, 6.45) is 1.70. The monoisotopic (exact) mass is 342 g/mol. The Kier molecular flexibility index (Phi) is 4.60. The van der Waals surface area contributed by atoms with Crippen LogP contribution in [0.3, 0.4) is 0 Å². The van der Waals surface area contributed by atoms with E-state index in [0.717, 1.165) is 18.9 Å². The highest BCUT2D eigenvalue weighted by molar-refractivity contribution is 5.74. The standard InChI is InChI=1S/C17H21F3N2O2/c1-24-13-5-2-10(8-12(13)18)14(15(19)20)22-16(23)21-9-17(6-7-17)11-3-4-11/h2,5,8,11,14-15H,3-4,6-7,9H2,1H3,(H2,21,22,23). The van der Waals surface area contributed by atoms with Crippen molar-refractivity contribution < 1.29 is 22.7 Å². The molecule has 0 radical (unpaired) electrons. The first-order valence-electron chi connectivity index (χ1n) is 8.11. The molecule has 2 amide bonds. The van der Waals surface area contributed by atoms with Crippen molar-refractivity contribution in [3.05, 3.63) is 29.6 Å². The third-order valence-electron chi connectivity index (χ3n) is 5.01.